The highest BCUT2D eigenvalue weighted by molar-refractivity contribution is 7.99. The zero-order chi connectivity index (χ0) is 23.3. The van der Waals surface area contributed by atoms with E-state index in [4.69, 9.17) is 22.4 Å². The summed E-state index contributed by atoms with van der Waals surface area (Å²) in [5.41, 5.74) is 5.93. The van der Waals surface area contributed by atoms with Gasteiger partial charge in [-0.15, -0.1) is 16.8 Å². The fourth-order valence-electron chi connectivity index (χ4n) is 2.42. The second-order valence-corrected chi connectivity index (χ2v) is 9.62. The van der Waals surface area contributed by atoms with Gasteiger partial charge < -0.3 is 25.0 Å². The summed E-state index contributed by atoms with van der Waals surface area (Å²) in [5, 5.41) is 11.4. The molecule has 0 unspecified atom stereocenters. The third kappa shape index (κ3) is 6.15. The summed E-state index contributed by atoms with van der Waals surface area (Å²) in [6.07, 6.45) is 1.58. The van der Waals surface area contributed by atoms with Gasteiger partial charge in [-0.05, 0) is 19.1 Å². The van der Waals surface area contributed by atoms with Crippen molar-refractivity contribution in [3.05, 3.63) is 50.3 Å². The number of primary amides is 1. The van der Waals surface area contributed by atoms with Crippen LogP contribution < -0.4 is 16.6 Å². The minimum Gasteiger partial charge on any atom is -0.415 e. The molecule has 3 heterocycles. The van der Waals surface area contributed by atoms with Crippen LogP contribution in [0.1, 0.15) is 22.1 Å². The molecule has 3 rings (SSSR count). The zero-order valence-electron chi connectivity index (χ0n) is 16.6. The van der Waals surface area contributed by atoms with Crippen LogP contribution in [-0.2, 0) is 17.1 Å². The molecule has 0 aliphatic heterocycles. The molecule has 32 heavy (non-hydrogen) atoms. The van der Waals surface area contributed by atoms with Crippen molar-refractivity contribution in [3.63, 3.8) is 0 Å². The number of nitrogens with one attached hydrogen (secondary N) is 2. The molecule has 168 valence electrons. The Balaban J connectivity index is 1.57. The standard InChI is InChI=1S/C17H17N7O4S4/c1-3-4-24-12(13(18)27)14(32-17(24)29)20-10(26)6-31-16-23-22-11(28-16)7-30-15-19-8(2)5-9(25)21-15/h3,5H,1,4,6-7H2,2H3,(H2,18,27)(H,20,26)(H,19,21,25). The third-order valence-electron chi connectivity index (χ3n) is 3.65. The van der Waals surface area contributed by atoms with Gasteiger partial charge in [-0.2, -0.15) is 0 Å². The predicted molar refractivity (Wildman–Crippen MR) is 125 cm³/mol. The van der Waals surface area contributed by atoms with Crippen molar-refractivity contribution >= 4 is 63.9 Å². The summed E-state index contributed by atoms with van der Waals surface area (Å²) in [5.74, 6) is -0.515. The fourth-order valence-corrected chi connectivity index (χ4v) is 5.10. The third-order valence-corrected chi connectivity index (χ3v) is 6.69. The van der Waals surface area contributed by atoms with E-state index in [9.17, 15) is 14.4 Å². The van der Waals surface area contributed by atoms with E-state index in [1.165, 1.54) is 22.4 Å². The number of nitrogens with two attached hydrogens (primary N) is 1. The van der Waals surface area contributed by atoms with E-state index in [0.717, 1.165) is 23.1 Å². The van der Waals surface area contributed by atoms with Crippen LogP contribution in [0.5, 0.6) is 0 Å². The molecule has 0 fully saturated rings. The summed E-state index contributed by atoms with van der Waals surface area (Å²) in [7, 11) is 0. The number of carbonyl (C=O) groups excluding carboxylic acids is 2. The smallest absolute Gasteiger partial charge is 0.277 e. The minimum absolute atomic E-state index is 0.0359. The van der Waals surface area contributed by atoms with Gasteiger partial charge in [0, 0.05) is 18.3 Å². The minimum atomic E-state index is -0.703. The lowest BCUT2D eigenvalue weighted by molar-refractivity contribution is -0.113. The number of thiazole rings is 1. The van der Waals surface area contributed by atoms with Crippen LogP contribution in [0, 0.1) is 10.9 Å². The Bertz CT molecular complexity index is 1280. The Labute approximate surface area is 198 Å². The Morgan fingerprint density at radius 1 is 1.44 bits per heavy atom. The number of nitrogens with zero attached hydrogens (tertiary/aromatic N) is 4. The number of amides is 2. The Hall–Kier alpha value is -2.75. The Kier molecular flexibility index (Phi) is 8.00. The molecule has 11 nitrogen and oxygen atoms in total. The molecule has 4 N–H and O–H groups in total. The quantitative estimate of drug-likeness (QED) is 0.159. The Morgan fingerprint density at radius 2 is 2.22 bits per heavy atom. The predicted octanol–water partition coefficient (Wildman–Crippen LogP) is 2.36. The number of rotatable bonds is 10. The van der Waals surface area contributed by atoms with Gasteiger partial charge in [0.2, 0.25) is 11.8 Å². The maximum Gasteiger partial charge on any atom is 0.277 e. The first-order valence-corrected chi connectivity index (χ1v) is 12.1. The van der Waals surface area contributed by atoms with Crippen molar-refractivity contribution in [2.75, 3.05) is 11.1 Å². The highest BCUT2D eigenvalue weighted by atomic mass is 32.2. The van der Waals surface area contributed by atoms with E-state index in [2.05, 4.69) is 32.1 Å². The largest absolute Gasteiger partial charge is 0.415 e. The van der Waals surface area contributed by atoms with Crippen molar-refractivity contribution in [3.8, 4) is 0 Å². The number of carbonyl (C=O) groups is 2. The molecule has 0 saturated carbocycles. The molecule has 15 heteroatoms. The maximum atomic E-state index is 12.3. The van der Waals surface area contributed by atoms with E-state index < -0.39 is 11.8 Å². The van der Waals surface area contributed by atoms with Crippen LogP contribution in [0.3, 0.4) is 0 Å². The molecule has 0 saturated heterocycles. The van der Waals surface area contributed by atoms with Gasteiger partial charge in [-0.3, -0.25) is 14.4 Å². The lowest BCUT2D eigenvalue weighted by atomic mass is 10.4. The summed E-state index contributed by atoms with van der Waals surface area (Å²) in [6.45, 7) is 5.65. The van der Waals surface area contributed by atoms with E-state index in [0.29, 0.717) is 33.0 Å². The molecule has 3 aromatic heterocycles. The molecule has 0 radical (unpaired) electrons. The molecule has 3 aromatic rings. The van der Waals surface area contributed by atoms with Crippen molar-refractivity contribution in [2.24, 2.45) is 5.73 Å². The van der Waals surface area contributed by atoms with Crippen LogP contribution >= 0.6 is 47.1 Å². The molecule has 0 aliphatic carbocycles. The van der Waals surface area contributed by atoms with Crippen molar-refractivity contribution in [1.82, 2.24) is 24.7 Å². The normalized spacial score (nSPS) is 10.8. The average Bonchev–Trinajstić information content (AvgIpc) is 3.29. The highest BCUT2D eigenvalue weighted by Crippen LogP contribution is 2.26. The number of hydrogen-bond donors (Lipinski definition) is 3. The van der Waals surface area contributed by atoms with Crippen molar-refractivity contribution in [1.29, 1.82) is 0 Å². The summed E-state index contributed by atoms with van der Waals surface area (Å²) < 4.78 is 7.40. The van der Waals surface area contributed by atoms with Gasteiger partial charge in [-0.1, -0.05) is 40.9 Å². The number of allylic oxidation sites excluding steroid dienone is 1. The van der Waals surface area contributed by atoms with Gasteiger partial charge in [0.25, 0.3) is 16.7 Å². The maximum absolute atomic E-state index is 12.3. The Morgan fingerprint density at radius 3 is 2.91 bits per heavy atom. The van der Waals surface area contributed by atoms with Crippen LogP contribution in [0.25, 0.3) is 0 Å². The van der Waals surface area contributed by atoms with Gasteiger partial charge >= 0.3 is 0 Å². The zero-order valence-corrected chi connectivity index (χ0v) is 19.9. The van der Waals surface area contributed by atoms with E-state index in [1.807, 2.05) is 0 Å². The number of aromatic nitrogens is 5. The first kappa shape index (κ1) is 23.9. The highest BCUT2D eigenvalue weighted by Gasteiger charge is 2.19. The summed E-state index contributed by atoms with van der Waals surface area (Å²) >= 11 is 8.57. The second-order valence-electron chi connectivity index (χ2n) is 6.09. The molecule has 0 aromatic carbocycles. The molecule has 0 aliphatic rings. The van der Waals surface area contributed by atoms with Gasteiger partial charge in [0.05, 0.1) is 11.5 Å². The van der Waals surface area contributed by atoms with E-state index in [-0.39, 0.29) is 27.2 Å². The topological polar surface area (TPSA) is 162 Å². The molecule has 0 atom stereocenters. The number of thioether (sulfide) groups is 2. The van der Waals surface area contributed by atoms with Gasteiger partial charge in [0.15, 0.2) is 9.11 Å². The van der Waals surface area contributed by atoms with Crippen LogP contribution in [0.4, 0.5) is 5.00 Å². The van der Waals surface area contributed by atoms with E-state index in [1.54, 1.807) is 13.0 Å². The van der Waals surface area contributed by atoms with Gasteiger partial charge in [0.1, 0.15) is 10.7 Å². The second kappa shape index (κ2) is 10.7. The molecular formula is C17H17N7O4S4. The summed E-state index contributed by atoms with van der Waals surface area (Å²) in [4.78, 5) is 42.5. The number of hydrogen-bond acceptors (Lipinski definition) is 11. The molecular weight excluding hydrogens is 495 g/mol. The van der Waals surface area contributed by atoms with E-state index >= 15 is 0 Å². The number of aryl methyl sites for hydroxylation is 1. The van der Waals surface area contributed by atoms with Crippen LogP contribution in [0.15, 0.2) is 38.3 Å². The fraction of sp³-hybridized carbons (Fsp3) is 0.235. The number of aromatic amines is 1. The van der Waals surface area contributed by atoms with Gasteiger partial charge in [-0.25, -0.2) is 4.98 Å². The van der Waals surface area contributed by atoms with Crippen LogP contribution in [-0.4, -0.2) is 42.3 Å². The first-order chi connectivity index (χ1) is 15.3. The number of anilines is 1. The van der Waals surface area contributed by atoms with Crippen molar-refractivity contribution < 1.29 is 14.0 Å². The first-order valence-electron chi connectivity index (χ1n) is 8.87. The monoisotopic (exact) mass is 511 g/mol. The van der Waals surface area contributed by atoms with Crippen LogP contribution in [0.2, 0.25) is 0 Å². The molecule has 0 bridgehead atoms. The number of H-pyrrole nitrogens is 1. The average molecular weight is 512 g/mol. The van der Waals surface area contributed by atoms with Crippen molar-refractivity contribution in [2.45, 2.75) is 29.6 Å². The SMILES string of the molecule is C=CCn1c(C(N)=O)c(NC(=O)CSc2nnc(CSc3nc(C)cc(=O)[nH]3)o2)sc1=S. The lowest BCUT2D eigenvalue weighted by Gasteiger charge is -2.06. The molecule has 2 amide bonds. The molecule has 0 spiro atoms. The summed E-state index contributed by atoms with van der Waals surface area (Å²) in [6, 6.07) is 1.40. The lowest BCUT2D eigenvalue weighted by Crippen LogP contribution is -2.21.